The summed E-state index contributed by atoms with van der Waals surface area (Å²) in [6, 6.07) is 57.4. The standard InChI is InChI=1S/C52H40N2O/c1-5-6-23-49-34(2)40-30-28-39(33-50(40)55-49)53(38-29-31-48-45(32-38)43-18-11-13-22-47(43)54(48)36-15-8-7-9-16-36)37-26-24-35(25-27-37)41-19-14-20-44-42-17-10-12-21-46(42)52(3,4)51(41)44/h5-33H,1H2,2-4H3/b23-6-. The average Bonchev–Trinajstić information content (AvgIpc) is 3.81. The number of nitrogens with zero attached hydrogens (tertiary/aromatic N) is 2. The van der Waals surface area contributed by atoms with Crippen molar-refractivity contribution < 1.29 is 4.42 Å². The van der Waals surface area contributed by atoms with E-state index in [2.05, 4.69) is 195 Å². The summed E-state index contributed by atoms with van der Waals surface area (Å²) < 4.78 is 8.81. The quantitative estimate of drug-likeness (QED) is 0.154. The lowest BCUT2D eigenvalue weighted by atomic mass is 9.79. The number of hydrogen-bond donors (Lipinski definition) is 0. The molecule has 0 aliphatic heterocycles. The van der Waals surface area contributed by atoms with Crippen molar-refractivity contribution in [1.29, 1.82) is 0 Å². The molecule has 0 bridgehead atoms. The monoisotopic (exact) mass is 708 g/mol. The van der Waals surface area contributed by atoms with Gasteiger partial charge >= 0.3 is 0 Å². The molecular weight excluding hydrogens is 669 g/mol. The molecule has 0 unspecified atom stereocenters. The topological polar surface area (TPSA) is 21.3 Å². The third kappa shape index (κ3) is 5.11. The van der Waals surface area contributed by atoms with Crippen molar-refractivity contribution in [2.24, 2.45) is 0 Å². The molecule has 0 saturated heterocycles. The Morgan fingerprint density at radius 1 is 0.600 bits per heavy atom. The van der Waals surface area contributed by atoms with Crippen LogP contribution in [0.5, 0.6) is 0 Å². The molecule has 3 heteroatoms. The van der Waals surface area contributed by atoms with Crippen LogP contribution in [0.2, 0.25) is 0 Å². The summed E-state index contributed by atoms with van der Waals surface area (Å²) in [7, 11) is 0. The summed E-state index contributed by atoms with van der Waals surface area (Å²) >= 11 is 0. The number of hydrogen-bond acceptors (Lipinski definition) is 2. The predicted octanol–water partition coefficient (Wildman–Crippen LogP) is 14.5. The van der Waals surface area contributed by atoms with Gasteiger partial charge in [0, 0.05) is 56.0 Å². The Balaban J connectivity index is 1.14. The van der Waals surface area contributed by atoms with Crippen molar-refractivity contribution in [3.05, 3.63) is 199 Å². The van der Waals surface area contributed by atoms with Crippen molar-refractivity contribution in [3.63, 3.8) is 0 Å². The normalized spacial score (nSPS) is 13.1. The van der Waals surface area contributed by atoms with Crippen molar-refractivity contribution >= 4 is 55.9 Å². The molecule has 0 N–H and O–H groups in total. The molecule has 0 fully saturated rings. The van der Waals surface area contributed by atoms with E-state index >= 15 is 0 Å². The first kappa shape index (κ1) is 32.8. The van der Waals surface area contributed by atoms with Gasteiger partial charge in [0.15, 0.2) is 0 Å². The molecule has 7 aromatic carbocycles. The van der Waals surface area contributed by atoms with Crippen molar-refractivity contribution in [1.82, 2.24) is 4.57 Å². The molecule has 0 saturated carbocycles. The molecule has 0 amide bonds. The first-order valence-electron chi connectivity index (χ1n) is 19.0. The van der Waals surface area contributed by atoms with Gasteiger partial charge in [-0.3, -0.25) is 0 Å². The van der Waals surface area contributed by atoms with Gasteiger partial charge in [0.05, 0.1) is 11.0 Å². The van der Waals surface area contributed by atoms with E-state index in [0.29, 0.717) is 0 Å². The largest absolute Gasteiger partial charge is 0.456 e. The lowest BCUT2D eigenvalue weighted by Crippen LogP contribution is -2.16. The third-order valence-electron chi connectivity index (χ3n) is 11.5. The van der Waals surface area contributed by atoms with E-state index in [1.165, 1.54) is 55.2 Å². The SMILES string of the molecule is C=C/C=C\c1oc2cc(N(c3ccc(-c4cccc5c4C(C)(C)c4ccccc4-5)cc3)c3ccc4c(c3)c3ccccc3n4-c3ccccc3)ccc2c1C. The molecule has 264 valence electrons. The lowest BCUT2D eigenvalue weighted by molar-refractivity contribution is 0.601. The van der Waals surface area contributed by atoms with Gasteiger partial charge in [0.2, 0.25) is 0 Å². The molecule has 9 aromatic rings. The maximum absolute atomic E-state index is 6.44. The van der Waals surface area contributed by atoms with E-state index < -0.39 is 0 Å². The molecule has 1 aliphatic rings. The van der Waals surface area contributed by atoms with Gasteiger partial charge in [-0.2, -0.15) is 0 Å². The number of furan rings is 1. The highest BCUT2D eigenvalue weighted by Gasteiger charge is 2.37. The third-order valence-corrected chi connectivity index (χ3v) is 11.5. The van der Waals surface area contributed by atoms with Crippen LogP contribution in [0.3, 0.4) is 0 Å². The number of aryl methyl sites for hydroxylation is 1. The summed E-state index contributed by atoms with van der Waals surface area (Å²) in [5.41, 5.74) is 16.5. The number of allylic oxidation sites excluding steroid dienone is 2. The Bertz CT molecular complexity index is 2970. The van der Waals surface area contributed by atoms with E-state index in [1.54, 1.807) is 6.08 Å². The zero-order valence-corrected chi connectivity index (χ0v) is 31.3. The second-order valence-corrected chi connectivity index (χ2v) is 15.0. The number of para-hydroxylation sites is 2. The maximum Gasteiger partial charge on any atom is 0.137 e. The smallest absolute Gasteiger partial charge is 0.137 e. The zero-order chi connectivity index (χ0) is 37.3. The number of rotatable bonds is 7. The summed E-state index contributed by atoms with van der Waals surface area (Å²) in [5.74, 6) is 0.846. The Labute approximate surface area is 321 Å². The minimum absolute atomic E-state index is 0.0993. The molecule has 55 heavy (non-hydrogen) atoms. The molecular formula is C52H40N2O. The number of aromatic nitrogens is 1. The molecule has 0 radical (unpaired) electrons. The predicted molar refractivity (Wildman–Crippen MR) is 232 cm³/mol. The Hall–Kier alpha value is -6.84. The molecule has 0 spiro atoms. The van der Waals surface area contributed by atoms with Gasteiger partial charge in [0.1, 0.15) is 11.3 Å². The maximum atomic E-state index is 6.44. The van der Waals surface area contributed by atoms with Crippen LogP contribution >= 0.6 is 0 Å². The van der Waals surface area contributed by atoms with Gasteiger partial charge in [0.25, 0.3) is 0 Å². The minimum atomic E-state index is -0.0993. The van der Waals surface area contributed by atoms with Crippen LogP contribution < -0.4 is 4.90 Å². The Morgan fingerprint density at radius 2 is 1.27 bits per heavy atom. The van der Waals surface area contributed by atoms with Crippen LogP contribution in [0.25, 0.3) is 66.8 Å². The van der Waals surface area contributed by atoms with E-state index in [9.17, 15) is 0 Å². The number of anilines is 3. The van der Waals surface area contributed by atoms with Gasteiger partial charge in [-0.05, 0) is 107 Å². The van der Waals surface area contributed by atoms with E-state index in [4.69, 9.17) is 4.42 Å². The summed E-state index contributed by atoms with van der Waals surface area (Å²) in [4.78, 5) is 2.35. The van der Waals surface area contributed by atoms with Gasteiger partial charge in [-0.1, -0.05) is 124 Å². The van der Waals surface area contributed by atoms with Crippen molar-refractivity contribution in [3.8, 4) is 27.9 Å². The van der Waals surface area contributed by atoms with Gasteiger partial charge in [-0.15, -0.1) is 0 Å². The highest BCUT2D eigenvalue weighted by Crippen LogP contribution is 2.52. The van der Waals surface area contributed by atoms with Crippen LogP contribution in [0.1, 0.15) is 36.3 Å². The number of fused-ring (bicyclic) bond motifs is 7. The van der Waals surface area contributed by atoms with Crippen LogP contribution in [-0.2, 0) is 5.41 Å². The molecule has 2 heterocycles. The lowest BCUT2D eigenvalue weighted by Gasteiger charge is -2.27. The zero-order valence-electron chi connectivity index (χ0n) is 31.3. The van der Waals surface area contributed by atoms with Crippen LogP contribution in [0.4, 0.5) is 17.1 Å². The molecule has 0 atom stereocenters. The van der Waals surface area contributed by atoms with Gasteiger partial charge in [-0.25, -0.2) is 0 Å². The Kier molecular flexibility index (Phi) is 7.53. The van der Waals surface area contributed by atoms with Crippen LogP contribution in [0.15, 0.2) is 181 Å². The molecule has 1 aliphatic carbocycles. The number of benzene rings is 7. The van der Waals surface area contributed by atoms with Crippen molar-refractivity contribution in [2.75, 3.05) is 4.90 Å². The highest BCUT2D eigenvalue weighted by molar-refractivity contribution is 6.10. The summed E-state index contributed by atoms with van der Waals surface area (Å²) in [5, 5.41) is 3.52. The fraction of sp³-hybridized carbons (Fsp3) is 0.0769. The van der Waals surface area contributed by atoms with Crippen LogP contribution in [-0.4, -0.2) is 4.57 Å². The molecule has 3 nitrogen and oxygen atoms in total. The first-order valence-corrected chi connectivity index (χ1v) is 19.0. The fourth-order valence-corrected chi connectivity index (χ4v) is 8.97. The average molecular weight is 709 g/mol. The highest BCUT2D eigenvalue weighted by atomic mass is 16.3. The van der Waals surface area contributed by atoms with E-state index in [-0.39, 0.29) is 5.41 Å². The first-order chi connectivity index (χ1) is 26.9. The van der Waals surface area contributed by atoms with E-state index in [1.807, 2.05) is 12.2 Å². The summed E-state index contributed by atoms with van der Waals surface area (Å²) in [6.45, 7) is 10.7. The fourth-order valence-electron chi connectivity index (χ4n) is 8.97. The molecule has 10 rings (SSSR count). The van der Waals surface area contributed by atoms with Crippen LogP contribution in [0, 0.1) is 6.92 Å². The molecule has 2 aromatic heterocycles. The second-order valence-electron chi connectivity index (χ2n) is 15.0. The van der Waals surface area contributed by atoms with Crippen molar-refractivity contribution in [2.45, 2.75) is 26.2 Å². The second kappa shape index (κ2) is 12.6. The van der Waals surface area contributed by atoms with Gasteiger partial charge < -0.3 is 13.9 Å². The van der Waals surface area contributed by atoms with E-state index in [0.717, 1.165) is 45.0 Å². The summed E-state index contributed by atoms with van der Waals surface area (Å²) in [6.07, 6.45) is 5.68. The Morgan fingerprint density at radius 3 is 2.11 bits per heavy atom. The minimum Gasteiger partial charge on any atom is -0.456 e.